The van der Waals surface area contributed by atoms with Crippen molar-refractivity contribution in [1.29, 1.82) is 0 Å². The highest BCUT2D eigenvalue weighted by Gasteiger charge is 2.26. The van der Waals surface area contributed by atoms with Crippen LogP contribution in [0.15, 0.2) is 35.4 Å². The van der Waals surface area contributed by atoms with E-state index in [1.165, 1.54) is 0 Å². The zero-order chi connectivity index (χ0) is 16.4. The van der Waals surface area contributed by atoms with Crippen LogP contribution in [0.4, 0.5) is 0 Å². The number of aliphatic hydroxyl groups is 1. The fraction of sp³-hybridized carbons (Fsp3) is 0.471. The SMILES string of the molecule is Cc1cnc2c(S(=O)(=O)NC3CCC(CO)CC3)cccc2c1. The molecule has 124 valence electrons. The van der Waals surface area contributed by atoms with Crippen LogP contribution in [-0.4, -0.2) is 31.2 Å². The summed E-state index contributed by atoms with van der Waals surface area (Å²) in [6.07, 6.45) is 4.94. The summed E-state index contributed by atoms with van der Waals surface area (Å²) >= 11 is 0. The molecule has 3 rings (SSSR count). The van der Waals surface area contributed by atoms with Crippen LogP contribution in [0.1, 0.15) is 31.2 Å². The molecule has 0 radical (unpaired) electrons. The van der Waals surface area contributed by atoms with Gasteiger partial charge in [0.1, 0.15) is 4.90 Å². The van der Waals surface area contributed by atoms with Crippen molar-refractivity contribution in [3.05, 3.63) is 36.0 Å². The van der Waals surface area contributed by atoms with Crippen LogP contribution < -0.4 is 4.72 Å². The van der Waals surface area contributed by atoms with Gasteiger partial charge in [0, 0.05) is 24.2 Å². The van der Waals surface area contributed by atoms with Gasteiger partial charge in [-0.05, 0) is 56.2 Å². The second-order valence-electron chi connectivity index (χ2n) is 6.36. The summed E-state index contributed by atoms with van der Waals surface area (Å²) in [5, 5.41) is 10.0. The number of hydrogen-bond acceptors (Lipinski definition) is 4. The van der Waals surface area contributed by atoms with Crippen molar-refractivity contribution in [3.63, 3.8) is 0 Å². The summed E-state index contributed by atoms with van der Waals surface area (Å²) in [7, 11) is -3.60. The Bertz CT molecular complexity index is 797. The largest absolute Gasteiger partial charge is 0.396 e. The van der Waals surface area contributed by atoms with Crippen LogP contribution >= 0.6 is 0 Å². The number of pyridine rings is 1. The Morgan fingerprint density at radius 3 is 2.70 bits per heavy atom. The van der Waals surface area contributed by atoms with Crippen molar-refractivity contribution in [2.75, 3.05) is 6.61 Å². The Morgan fingerprint density at radius 1 is 1.26 bits per heavy atom. The summed E-state index contributed by atoms with van der Waals surface area (Å²) in [4.78, 5) is 4.55. The lowest BCUT2D eigenvalue weighted by Gasteiger charge is -2.27. The summed E-state index contributed by atoms with van der Waals surface area (Å²) in [5.41, 5.74) is 1.51. The van der Waals surface area contributed by atoms with E-state index in [1.807, 2.05) is 19.1 Å². The highest BCUT2D eigenvalue weighted by molar-refractivity contribution is 7.89. The van der Waals surface area contributed by atoms with Gasteiger partial charge in [0.05, 0.1) is 5.52 Å². The monoisotopic (exact) mass is 334 g/mol. The van der Waals surface area contributed by atoms with E-state index in [-0.39, 0.29) is 17.5 Å². The van der Waals surface area contributed by atoms with Crippen LogP contribution in [-0.2, 0) is 10.0 Å². The first-order valence-electron chi connectivity index (χ1n) is 7.98. The Labute approximate surface area is 136 Å². The third kappa shape index (κ3) is 3.54. The molecule has 1 heterocycles. The molecule has 1 aliphatic rings. The van der Waals surface area contributed by atoms with Gasteiger partial charge in [0.2, 0.25) is 10.0 Å². The fourth-order valence-electron chi connectivity index (χ4n) is 3.21. The van der Waals surface area contributed by atoms with Crippen LogP contribution in [0, 0.1) is 12.8 Å². The number of aromatic nitrogens is 1. The van der Waals surface area contributed by atoms with Crippen molar-refractivity contribution < 1.29 is 13.5 Å². The van der Waals surface area contributed by atoms with Gasteiger partial charge >= 0.3 is 0 Å². The maximum atomic E-state index is 12.7. The molecule has 0 unspecified atom stereocenters. The number of hydrogen-bond donors (Lipinski definition) is 2. The van der Waals surface area contributed by atoms with Crippen LogP contribution in [0.5, 0.6) is 0 Å². The van der Waals surface area contributed by atoms with Gasteiger partial charge < -0.3 is 5.11 Å². The van der Waals surface area contributed by atoms with Crippen molar-refractivity contribution >= 4 is 20.9 Å². The quantitative estimate of drug-likeness (QED) is 0.900. The van der Waals surface area contributed by atoms with Crippen LogP contribution in [0.25, 0.3) is 10.9 Å². The van der Waals surface area contributed by atoms with Gasteiger partial charge in [0.15, 0.2) is 0 Å². The summed E-state index contributed by atoms with van der Waals surface area (Å²) in [5.74, 6) is 0.304. The van der Waals surface area contributed by atoms with Gasteiger partial charge in [-0.25, -0.2) is 13.1 Å². The molecule has 1 aromatic carbocycles. The van der Waals surface area contributed by atoms with Gasteiger partial charge in [-0.3, -0.25) is 4.98 Å². The maximum absolute atomic E-state index is 12.7. The standard InChI is InChI=1S/C17H22N2O3S/c1-12-9-14-3-2-4-16(17(14)18-10-12)23(21,22)19-15-7-5-13(11-20)6-8-15/h2-4,9-10,13,15,19-20H,5-8,11H2,1H3. The van der Waals surface area contributed by atoms with Crippen LogP contribution in [0.2, 0.25) is 0 Å². The molecule has 0 atom stereocenters. The number of aryl methyl sites for hydroxylation is 1. The van der Waals surface area contributed by atoms with E-state index in [0.717, 1.165) is 36.6 Å². The number of fused-ring (bicyclic) bond motifs is 1. The topological polar surface area (TPSA) is 79.3 Å². The van der Waals surface area contributed by atoms with E-state index >= 15 is 0 Å². The molecule has 0 bridgehead atoms. The summed E-state index contributed by atoms with van der Waals surface area (Å²) < 4.78 is 28.3. The first-order chi connectivity index (χ1) is 11.0. The predicted molar refractivity (Wildman–Crippen MR) is 89.6 cm³/mol. The molecule has 1 aliphatic carbocycles. The number of rotatable bonds is 4. The molecule has 5 nitrogen and oxygen atoms in total. The lowest BCUT2D eigenvalue weighted by molar-refractivity contribution is 0.180. The zero-order valence-electron chi connectivity index (χ0n) is 13.2. The highest BCUT2D eigenvalue weighted by atomic mass is 32.2. The first-order valence-corrected chi connectivity index (χ1v) is 9.46. The van der Waals surface area contributed by atoms with Gasteiger partial charge in [-0.2, -0.15) is 0 Å². The smallest absolute Gasteiger partial charge is 0.242 e. The van der Waals surface area contributed by atoms with Crippen molar-refractivity contribution in [2.45, 2.75) is 43.5 Å². The van der Waals surface area contributed by atoms with E-state index in [9.17, 15) is 13.5 Å². The Hall–Kier alpha value is -1.50. The van der Waals surface area contributed by atoms with Gasteiger partial charge in [-0.1, -0.05) is 12.1 Å². The molecule has 23 heavy (non-hydrogen) atoms. The van der Waals surface area contributed by atoms with Crippen molar-refractivity contribution in [1.82, 2.24) is 9.71 Å². The van der Waals surface area contributed by atoms with E-state index in [4.69, 9.17) is 0 Å². The molecule has 0 spiro atoms. The Kier molecular flexibility index (Phi) is 4.66. The molecule has 0 saturated heterocycles. The lowest BCUT2D eigenvalue weighted by atomic mass is 9.87. The first kappa shape index (κ1) is 16.4. The molecule has 1 fully saturated rings. The van der Waals surface area contributed by atoms with Gasteiger partial charge in [0.25, 0.3) is 0 Å². The molecule has 0 amide bonds. The zero-order valence-corrected chi connectivity index (χ0v) is 14.0. The molecule has 2 aromatic rings. The van der Waals surface area contributed by atoms with E-state index < -0.39 is 10.0 Å². The second-order valence-corrected chi connectivity index (χ2v) is 8.04. The molecule has 0 aliphatic heterocycles. The van der Waals surface area contributed by atoms with Crippen LogP contribution in [0.3, 0.4) is 0 Å². The molecule has 1 saturated carbocycles. The number of aliphatic hydroxyl groups excluding tert-OH is 1. The maximum Gasteiger partial charge on any atom is 0.242 e. The molecular formula is C17H22N2O3S. The predicted octanol–water partition coefficient (Wildman–Crippen LogP) is 2.37. The van der Waals surface area contributed by atoms with Gasteiger partial charge in [-0.15, -0.1) is 0 Å². The van der Waals surface area contributed by atoms with E-state index in [2.05, 4.69) is 9.71 Å². The average Bonchev–Trinajstić information content (AvgIpc) is 2.54. The minimum atomic E-state index is -3.60. The van der Waals surface area contributed by atoms with E-state index in [1.54, 1.807) is 18.3 Å². The Balaban J connectivity index is 1.86. The number of para-hydroxylation sites is 1. The minimum Gasteiger partial charge on any atom is -0.396 e. The normalized spacial score (nSPS) is 22.3. The molecule has 2 N–H and O–H groups in total. The average molecular weight is 334 g/mol. The highest BCUT2D eigenvalue weighted by Crippen LogP contribution is 2.26. The van der Waals surface area contributed by atoms with Crippen molar-refractivity contribution in [3.8, 4) is 0 Å². The summed E-state index contributed by atoms with van der Waals surface area (Å²) in [6, 6.07) is 7.10. The number of benzene rings is 1. The second kappa shape index (κ2) is 6.55. The lowest BCUT2D eigenvalue weighted by Crippen LogP contribution is -2.38. The van der Waals surface area contributed by atoms with E-state index in [0.29, 0.717) is 11.4 Å². The Morgan fingerprint density at radius 2 is 2.00 bits per heavy atom. The molecule has 1 aromatic heterocycles. The number of nitrogens with one attached hydrogen (secondary N) is 1. The summed E-state index contributed by atoms with van der Waals surface area (Å²) in [6.45, 7) is 2.12. The fourth-order valence-corrected chi connectivity index (χ4v) is 4.69. The molecule has 6 heteroatoms. The minimum absolute atomic E-state index is 0.0662. The number of nitrogens with zero attached hydrogens (tertiary/aromatic N) is 1. The molecular weight excluding hydrogens is 312 g/mol. The van der Waals surface area contributed by atoms with Crippen molar-refractivity contribution in [2.24, 2.45) is 5.92 Å². The third-order valence-electron chi connectivity index (χ3n) is 4.53. The number of sulfonamides is 1. The third-order valence-corrected chi connectivity index (χ3v) is 6.08.